The fraction of sp³-hybridized carbons (Fsp3) is 0.500. The van der Waals surface area contributed by atoms with Crippen molar-refractivity contribution in [1.29, 1.82) is 0 Å². The third kappa shape index (κ3) is 2.42. The molecule has 0 bridgehead atoms. The van der Waals surface area contributed by atoms with Crippen LogP contribution in [-0.2, 0) is 4.79 Å². The second kappa shape index (κ2) is 5.14. The molecule has 112 valence electrons. The molecule has 0 radical (unpaired) electrons. The fourth-order valence-corrected chi connectivity index (χ4v) is 3.69. The Labute approximate surface area is 126 Å². The Morgan fingerprint density at radius 3 is 2.62 bits per heavy atom. The summed E-state index contributed by atoms with van der Waals surface area (Å²) in [6, 6.07) is 2.97. The summed E-state index contributed by atoms with van der Waals surface area (Å²) in [5.41, 5.74) is 1.61. The summed E-state index contributed by atoms with van der Waals surface area (Å²) in [5.74, 6) is -0.765. The van der Waals surface area contributed by atoms with Crippen LogP contribution in [0.15, 0.2) is 12.1 Å². The van der Waals surface area contributed by atoms with E-state index < -0.39 is 17.5 Å². The molecule has 21 heavy (non-hydrogen) atoms. The minimum atomic E-state index is -0.812. The summed E-state index contributed by atoms with van der Waals surface area (Å²) in [6.45, 7) is 1.90. The van der Waals surface area contributed by atoms with Crippen molar-refractivity contribution in [3.8, 4) is 0 Å². The molecule has 3 rings (SSSR count). The first-order valence-corrected chi connectivity index (χ1v) is 7.88. The summed E-state index contributed by atoms with van der Waals surface area (Å²) >= 11 is 1.33. The topological polar surface area (TPSA) is 78.5 Å². The number of aryl methyl sites for hydroxylation is 1. The van der Waals surface area contributed by atoms with Crippen molar-refractivity contribution < 1.29 is 14.4 Å². The zero-order valence-corrected chi connectivity index (χ0v) is 12.6. The molecule has 0 aromatic carbocycles. The minimum Gasteiger partial charge on any atom is -0.322 e. The normalized spacial score (nSPS) is 20.7. The van der Waals surface area contributed by atoms with E-state index >= 15 is 0 Å². The van der Waals surface area contributed by atoms with E-state index in [0.717, 1.165) is 29.1 Å². The predicted octanol–water partition coefficient (Wildman–Crippen LogP) is 1.96. The van der Waals surface area contributed by atoms with Gasteiger partial charge in [-0.05, 0) is 31.9 Å². The number of carbonyl (C=O) groups excluding carboxylic acids is 3. The summed E-state index contributed by atoms with van der Waals surface area (Å²) < 4.78 is 0. The molecule has 0 atom stereocenters. The van der Waals surface area contributed by atoms with Gasteiger partial charge in [-0.25, -0.2) is 4.79 Å². The third-order valence-corrected chi connectivity index (χ3v) is 5.05. The number of nitrogens with one attached hydrogen (secondary N) is 2. The van der Waals surface area contributed by atoms with E-state index in [2.05, 4.69) is 10.7 Å². The minimum absolute atomic E-state index is 0.339. The van der Waals surface area contributed by atoms with E-state index in [1.54, 1.807) is 6.07 Å². The van der Waals surface area contributed by atoms with Crippen LogP contribution in [0.5, 0.6) is 0 Å². The number of hydrogen-bond acceptors (Lipinski definition) is 4. The Hall–Kier alpha value is -1.89. The van der Waals surface area contributed by atoms with Crippen molar-refractivity contribution in [2.24, 2.45) is 0 Å². The van der Waals surface area contributed by atoms with E-state index in [1.807, 2.05) is 13.0 Å². The van der Waals surface area contributed by atoms with Crippen LogP contribution < -0.4 is 10.7 Å². The average Bonchev–Trinajstić information content (AvgIpc) is 2.98. The first-order valence-electron chi connectivity index (χ1n) is 7.06. The van der Waals surface area contributed by atoms with Crippen molar-refractivity contribution in [2.75, 3.05) is 0 Å². The van der Waals surface area contributed by atoms with Gasteiger partial charge in [0.05, 0.1) is 4.88 Å². The zero-order chi connectivity index (χ0) is 15.0. The predicted molar refractivity (Wildman–Crippen MR) is 77.7 cm³/mol. The molecule has 1 saturated heterocycles. The summed E-state index contributed by atoms with van der Waals surface area (Å²) in [5, 5.41) is 3.59. The van der Waals surface area contributed by atoms with Crippen molar-refractivity contribution in [3.63, 3.8) is 0 Å². The Morgan fingerprint density at radius 1 is 1.29 bits per heavy atom. The van der Waals surface area contributed by atoms with Crippen molar-refractivity contribution in [3.05, 3.63) is 21.9 Å². The van der Waals surface area contributed by atoms with E-state index in [-0.39, 0.29) is 5.91 Å². The number of nitrogens with zero attached hydrogens (tertiary/aromatic N) is 1. The molecule has 6 nitrogen and oxygen atoms in total. The first-order chi connectivity index (χ1) is 10.0. The molecule has 1 spiro atoms. The van der Waals surface area contributed by atoms with Crippen LogP contribution in [0, 0.1) is 6.92 Å². The quantitative estimate of drug-likeness (QED) is 0.820. The summed E-state index contributed by atoms with van der Waals surface area (Å²) in [6.07, 6.45) is 4.19. The van der Waals surface area contributed by atoms with Gasteiger partial charge < -0.3 is 5.32 Å². The van der Waals surface area contributed by atoms with Gasteiger partial charge in [0.15, 0.2) is 0 Å². The van der Waals surface area contributed by atoms with Gasteiger partial charge in [-0.2, -0.15) is 5.01 Å². The lowest BCUT2D eigenvalue weighted by atomic mass is 9.82. The van der Waals surface area contributed by atoms with Crippen molar-refractivity contribution >= 4 is 29.2 Å². The van der Waals surface area contributed by atoms with Crippen LogP contribution in [0.4, 0.5) is 4.79 Å². The standard InChI is InChI=1S/C14H17N3O3S/c1-9-5-6-10(21-9)11(18)16-17-12(19)14(15-13(17)20)7-3-2-4-8-14/h5-6H,2-4,7-8H2,1H3,(H,15,20)(H,16,18). The van der Waals surface area contributed by atoms with Gasteiger partial charge in [0.1, 0.15) is 5.54 Å². The highest BCUT2D eigenvalue weighted by atomic mass is 32.1. The SMILES string of the molecule is Cc1ccc(C(=O)NN2C(=O)NC3(CCCCC3)C2=O)s1. The second-order valence-corrected chi connectivity index (χ2v) is 6.85. The Morgan fingerprint density at radius 2 is 2.00 bits per heavy atom. The van der Waals surface area contributed by atoms with Crippen molar-refractivity contribution in [1.82, 2.24) is 15.8 Å². The van der Waals surface area contributed by atoms with Gasteiger partial charge in [-0.3, -0.25) is 15.0 Å². The molecule has 2 N–H and O–H groups in total. The number of rotatable bonds is 2. The van der Waals surface area contributed by atoms with Crippen LogP contribution in [0.1, 0.15) is 46.7 Å². The van der Waals surface area contributed by atoms with E-state index in [0.29, 0.717) is 17.7 Å². The molecule has 1 aliphatic carbocycles. The number of imide groups is 1. The van der Waals surface area contributed by atoms with Crippen molar-refractivity contribution in [2.45, 2.75) is 44.6 Å². The van der Waals surface area contributed by atoms with Crippen LogP contribution in [0.3, 0.4) is 0 Å². The number of thiophene rings is 1. The lowest BCUT2D eigenvalue weighted by Crippen LogP contribution is -2.50. The van der Waals surface area contributed by atoms with Crippen LogP contribution in [0.25, 0.3) is 0 Å². The van der Waals surface area contributed by atoms with Gasteiger partial charge in [-0.15, -0.1) is 11.3 Å². The number of hydrogen-bond donors (Lipinski definition) is 2. The van der Waals surface area contributed by atoms with Gasteiger partial charge in [0.25, 0.3) is 11.8 Å². The Kier molecular flexibility index (Phi) is 3.44. The highest BCUT2D eigenvalue weighted by Gasteiger charge is 2.52. The van der Waals surface area contributed by atoms with Gasteiger partial charge in [-0.1, -0.05) is 19.3 Å². The van der Waals surface area contributed by atoms with E-state index in [4.69, 9.17) is 0 Å². The molecule has 1 aliphatic heterocycles. The number of amides is 4. The molecule has 4 amide bonds. The molecule has 0 unspecified atom stereocenters. The van der Waals surface area contributed by atoms with Crippen LogP contribution in [0.2, 0.25) is 0 Å². The fourth-order valence-electron chi connectivity index (χ4n) is 2.93. The lowest BCUT2D eigenvalue weighted by Gasteiger charge is -2.30. The smallest absolute Gasteiger partial charge is 0.322 e. The summed E-state index contributed by atoms with van der Waals surface area (Å²) in [7, 11) is 0. The lowest BCUT2D eigenvalue weighted by molar-refractivity contribution is -0.134. The maximum atomic E-state index is 12.5. The molecule has 1 saturated carbocycles. The first kappa shape index (κ1) is 14.1. The highest BCUT2D eigenvalue weighted by molar-refractivity contribution is 7.13. The molecule has 7 heteroatoms. The average molecular weight is 307 g/mol. The number of urea groups is 1. The highest BCUT2D eigenvalue weighted by Crippen LogP contribution is 2.33. The maximum absolute atomic E-state index is 12.5. The van der Waals surface area contributed by atoms with Gasteiger partial charge >= 0.3 is 6.03 Å². The molecule has 1 aromatic heterocycles. The van der Waals surface area contributed by atoms with Gasteiger partial charge in [0, 0.05) is 4.88 Å². The number of carbonyl (C=O) groups is 3. The molecular formula is C14H17N3O3S. The number of hydrazine groups is 1. The summed E-state index contributed by atoms with van der Waals surface area (Å²) in [4.78, 5) is 38.1. The molecule has 1 aromatic rings. The van der Waals surface area contributed by atoms with E-state index in [1.165, 1.54) is 11.3 Å². The van der Waals surface area contributed by atoms with Gasteiger partial charge in [0.2, 0.25) is 0 Å². The third-order valence-electron chi connectivity index (χ3n) is 4.05. The molecular weight excluding hydrogens is 290 g/mol. The molecule has 2 heterocycles. The second-order valence-electron chi connectivity index (χ2n) is 5.56. The van der Waals surface area contributed by atoms with Crippen LogP contribution >= 0.6 is 11.3 Å². The molecule has 2 fully saturated rings. The van der Waals surface area contributed by atoms with E-state index in [9.17, 15) is 14.4 Å². The Bertz CT molecular complexity index is 604. The molecule has 2 aliphatic rings. The maximum Gasteiger partial charge on any atom is 0.344 e. The largest absolute Gasteiger partial charge is 0.344 e. The zero-order valence-electron chi connectivity index (χ0n) is 11.8. The Balaban J connectivity index is 1.75. The van der Waals surface area contributed by atoms with Crippen LogP contribution in [-0.4, -0.2) is 28.4 Å². The monoisotopic (exact) mass is 307 g/mol.